The lowest BCUT2D eigenvalue weighted by atomic mass is 9.70. The van der Waals surface area contributed by atoms with Crippen molar-refractivity contribution in [3.8, 4) is 0 Å². The van der Waals surface area contributed by atoms with E-state index in [4.69, 9.17) is 0 Å². The molecule has 32 heavy (non-hydrogen) atoms. The number of benzene rings is 4. The molecule has 0 radical (unpaired) electrons. The van der Waals surface area contributed by atoms with E-state index in [1.165, 1.54) is 11.1 Å². The van der Waals surface area contributed by atoms with Gasteiger partial charge in [-0.3, -0.25) is 0 Å². The van der Waals surface area contributed by atoms with Gasteiger partial charge in [-0.05, 0) is 60.0 Å². The Labute approximate surface area is 190 Å². The molecule has 2 N–H and O–H groups in total. The van der Waals surface area contributed by atoms with Crippen molar-refractivity contribution < 1.29 is 0 Å². The van der Waals surface area contributed by atoms with Gasteiger partial charge in [0.15, 0.2) is 0 Å². The van der Waals surface area contributed by atoms with E-state index >= 15 is 0 Å². The Morgan fingerprint density at radius 2 is 1.00 bits per heavy atom. The molecular weight excluding hydrogens is 388 g/mol. The first kappa shape index (κ1) is 19.9. The fraction of sp³-hybridized carbons (Fsp3) is 0.0667. The SMILES string of the molecule is C1=CC(c2ccccc2)(c2ccc(Nc3ccccc3)cc2)CC=C1Nc1ccccc1. The summed E-state index contributed by atoms with van der Waals surface area (Å²) in [6, 6.07) is 40.2. The first-order valence-electron chi connectivity index (χ1n) is 11.0. The molecule has 0 saturated carbocycles. The minimum atomic E-state index is -0.186. The molecule has 156 valence electrons. The molecule has 0 heterocycles. The second-order valence-corrected chi connectivity index (χ2v) is 8.09. The quantitative estimate of drug-likeness (QED) is 0.338. The standard InChI is InChI=1S/C30H26N2/c1-4-10-24(11-5-1)30(22-20-29(21-23-30)32-27-14-8-3-9-15-27)25-16-18-28(19-17-25)31-26-12-6-2-7-13-26/h1-22,31-32H,23H2. The van der Waals surface area contributed by atoms with E-state index in [1.54, 1.807) is 0 Å². The van der Waals surface area contributed by atoms with Gasteiger partial charge in [-0.15, -0.1) is 0 Å². The predicted molar refractivity (Wildman–Crippen MR) is 135 cm³/mol. The molecule has 0 bridgehead atoms. The lowest BCUT2D eigenvalue weighted by Gasteiger charge is -2.34. The van der Waals surface area contributed by atoms with E-state index < -0.39 is 0 Å². The molecule has 1 unspecified atom stereocenters. The summed E-state index contributed by atoms with van der Waals surface area (Å²) in [4.78, 5) is 0. The molecule has 0 aromatic heterocycles. The first-order chi connectivity index (χ1) is 15.8. The van der Waals surface area contributed by atoms with Gasteiger partial charge in [0.1, 0.15) is 0 Å². The monoisotopic (exact) mass is 414 g/mol. The van der Waals surface area contributed by atoms with Crippen LogP contribution in [-0.2, 0) is 5.41 Å². The van der Waals surface area contributed by atoms with Crippen LogP contribution in [0, 0.1) is 0 Å². The Hall–Kier alpha value is -4.04. The molecule has 1 atom stereocenters. The van der Waals surface area contributed by atoms with Crippen LogP contribution in [0.1, 0.15) is 17.5 Å². The van der Waals surface area contributed by atoms with Crippen LogP contribution < -0.4 is 10.6 Å². The van der Waals surface area contributed by atoms with Gasteiger partial charge in [-0.25, -0.2) is 0 Å². The summed E-state index contributed by atoms with van der Waals surface area (Å²) >= 11 is 0. The Morgan fingerprint density at radius 1 is 0.500 bits per heavy atom. The maximum atomic E-state index is 3.52. The van der Waals surface area contributed by atoms with Crippen molar-refractivity contribution in [3.05, 3.63) is 150 Å². The summed E-state index contributed by atoms with van der Waals surface area (Å²) < 4.78 is 0. The zero-order valence-electron chi connectivity index (χ0n) is 17.9. The minimum Gasteiger partial charge on any atom is -0.356 e. The van der Waals surface area contributed by atoms with Gasteiger partial charge in [0.05, 0.1) is 0 Å². The molecule has 1 aliphatic rings. The number of rotatable bonds is 6. The Bertz CT molecular complexity index is 1210. The molecule has 2 heteroatoms. The van der Waals surface area contributed by atoms with E-state index in [0.717, 1.165) is 29.2 Å². The Kier molecular flexibility index (Phi) is 5.59. The summed E-state index contributed by atoms with van der Waals surface area (Å²) in [5.74, 6) is 0. The van der Waals surface area contributed by atoms with Crippen molar-refractivity contribution >= 4 is 17.1 Å². The molecule has 4 aromatic rings. The van der Waals surface area contributed by atoms with E-state index in [2.05, 4.69) is 120 Å². The minimum absolute atomic E-state index is 0.186. The van der Waals surface area contributed by atoms with Crippen molar-refractivity contribution in [1.82, 2.24) is 0 Å². The number of hydrogen-bond acceptors (Lipinski definition) is 2. The number of allylic oxidation sites excluding steroid dienone is 3. The van der Waals surface area contributed by atoms with Crippen LogP contribution in [0.3, 0.4) is 0 Å². The third-order valence-corrected chi connectivity index (χ3v) is 6.01. The van der Waals surface area contributed by atoms with Gasteiger partial charge >= 0.3 is 0 Å². The van der Waals surface area contributed by atoms with Crippen molar-refractivity contribution in [2.75, 3.05) is 10.6 Å². The largest absolute Gasteiger partial charge is 0.356 e. The third-order valence-electron chi connectivity index (χ3n) is 6.01. The molecule has 0 fully saturated rings. The van der Waals surface area contributed by atoms with Gasteiger partial charge in [0, 0.05) is 28.2 Å². The molecule has 5 rings (SSSR count). The number of para-hydroxylation sites is 2. The summed E-state index contributed by atoms with van der Waals surface area (Å²) in [6.07, 6.45) is 7.75. The van der Waals surface area contributed by atoms with Crippen LogP contribution in [-0.4, -0.2) is 0 Å². The van der Waals surface area contributed by atoms with E-state index in [9.17, 15) is 0 Å². The van der Waals surface area contributed by atoms with E-state index in [1.807, 2.05) is 24.3 Å². The highest BCUT2D eigenvalue weighted by Gasteiger charge is 2.32. The van der Waals surface area contributed by atoms with Crippen LogP contribution in [0.15, 0.2) is 139 Å². The summed E-state index contributed by atoms with van der Waals surface area (Å²) in [7, 11) is 0. The molecule has 0 saturated heterocycles. The molecular formula is C30H26N2. The topological polar surface area (TPSA) is 24.1 Å². The maximum absolute atomic E-state index is 3.52. The normalized spacial score (nSPS) is 17.4. The van der Waals surface area contributed by atoms with Crippen molar-refractivity contribution in [2.24, 2.45) is 0 Å². The number of hydrogen-bond donors (Lipinski definition) is 2. The van der Waals surface area contributed by atoms with Crippen molar-refractivity contribution in [1.29, 1.82) is 0 Å². The summed E-state index contributed by atoms with van der Waals surface area (Å²) in [5, 5.41) is 7.00. The summed E-state index contributed by atoms with van der Waals surface area (Å²) in [6.45, 7) is 0. The number of nitrogens with one attached hydrogen (secondary N) is 2. The van der Waals surface area contributed by atoms with Gasteiger partial charge in [-0.1, -0.05) is 91.0 Å². The second-order valence-electron chi connectivity index (χ2n) is 8.09. The fourth-order valence-corrected chi connectivity index (χ4v) is 4.29. The zero-order chi connectivity index (χ0) is 21.6. The van der Waals surface area contributed by atoms with Crippen LogP contribution in [0.4, 0.5) is 17.1 Å². The lowest BCUT2D eigenvalue weighted by Crippen LogP contribution is -2.27. The third kappa shape index (κ3) is 4.21. The zero-order valence-corrected chi connectivity index (χ0v) is 17.9. The highest BCUT2D eigenvalue weighted by molar-refractivity contribution is 5.61. The van der Waals surface area contributed by atoms with Crippen molar-refractivity contribution in [2.45, 2.75) is 11.8 Å². The Balaban J connectivity index is 1.43. The fourth-order valence-electron chi connectivity index (χ4n) is 4.29. The Morgan fingerprint density at radius 3 is 1.56 bits per heavy atom. The lowest BCUT2D eigenvalue weighted by molar-refractivity contribution is 0.644. The average molecular weight is 415 g/mol. The van der Waals surface area contributed by atoms with E-state index in [0.29, 0.717) is 0 Å². The van der Waals surface area contributed by atoms with Gasteiger partial charge in [0.2, 0.25) is 0 Å². The molecule has 0 spiro atoms. The molecule has 2 nitrogen and oxygen atoms in total. The van der Waals surface area contributed by atoms with Gasteiger partial charge in [0.25, 0.3) is 0 Å². The highest BCUT2D eigenvalue weighted by atomic mass is 14.9. The molecule has 0 amide bonds. The smallest absolute Gasteiger partial charge is 0.0420 e. The predicted octanol–water partition coefficient (Wildman–Crippen LogP) is 7.67. The number of anilines is 3. The van der Waals surface area contributed by atoms with Crippen LogP contribution in [0.5, 0.6) is 0 Å². The summed E-state index contributed by atoms with van der Waals surface area (Å²) in [5.41, 5.74) is 6.81. The molecule has 0 aliphatic heterocycles. The van der Waals surface area contributed by atoms with Crippen LogP contribution in [0.2, 0.25) is 0 Å². The maximum Gasteiger partial charge on any atom is 0.0420 e. The van der Waals surface area contributed by atoms with Crippen molar-refractivity contribution in [3.63, 3.8) is 0 Å². The molecule has 1 aliphatic carbocycles. The van der Waals surface area contributed by atoms with Gasteiger partial charge in [-0.2, -0.15) is 0 Å². The average Bonchev–Trinajstić information content (AvgIpc) is 2.87. The second kappa shape index (κ2) is 8.99. The highest BCUT2D eigenvalue weighted by Crippen LogP contribution is 2.41. The first-order valence-corrected chi connectivity index (χ1v) is 11.0. The molecule has 4 aromatic carbocycles. The van der Waals surface area contributed by atoms with Crippen LogP contribution in [0.25, 0.3) is 0 Å². The van der Waals surface area contributed by atoms with Gasteiger partial charge < -0.3 is 10.6 Å². The van der Waals surface area contributed by atoms with E-state index in [-0.39, 0.29) is 5.41 Å². The van der Waals surface area contributed by atoms with Crippen LogP contribution >= 0.6 is 0 Å².